The number of rotatable bonds is 11. The molecule has 0 aliphatic carbocycles. The van der Waals surface area contributed by atoms with Gasteiger partial charge in [0.25, 0.3) is 0 Å². The third-order valence-corrected chi connectivity index (χ3v) is 6.28. The van der Waals surface area contributed by atoms with E-state index in [1.165, 1.54) is 0 Å². The number of nitrogens with one attached hydrogen (secondary N) is 1. The third kappa shape index (κ3) is 6.01. The number of hydrogen-bond acceptors (Lipinski definition) is 6. The van der Waals surface area contributed by atoms with E-state index in [2.05, 4.69) is 10.2 Å². The minimum atomic E-state index is -0.446. The average Bonchev–Trinajstić information content (AvgIpc) is 3.50. The minimum Gasteiger partial charge on any atom is -0.384 e. The fourth-order valence-corrected chi connectivity index (χ4v) is 4.43. The van der Waals surface area contributed by atoms with Crippen LogP contribution in [0.4, 0.5) is 5.82 Å². The van der Waals surface area contributed by atoms with Crippen molar-refractivity contribution in [2.45, 2.75) is 44.2 Å². The van der Waals surface area contributed by atoms with E-state index < -0.39 is 12.2 Å². The van der Waals surface area contributed by atoms with Gasteiger partial charge >= 0.3 is 0 Å². The Morgan fingerprint density at radius 3 is 1.78 bits per heavy atom. The van der Waals surface area contributed by atoms with Crippen LogP contribution in [0.1, 0.15) is 28.4 Å². The van der Waals surface area contributed by atoms with Crippen molar-refractivity contribution in [3.8, 4) is 0 Å². The van der Waals surface area contributed by atoms with Crippen molar-refractivity contribution in [3.05, 3.63) is 119 Å². The van der Waals surface area contributed by atoms with Gasteiger partial charge in [-0.05, 0) is 16.7 Å². The van der Waals surface area contributed by atoms with Gasteiger partial charge in [0.2, 0.25) is 0 Å². The Morgan fingerprint density at radius 2 is 1.25 bits per heavy atom. The van der Waals surface area contributed by atoms with E-state index in [0.717, 1.165) is 22.3 Å². The Balaban J connectivity index is 1.36. The predicted molar refractivity (Wildman–Crippen MR) is 137 cm³/mol. The van der Waals surface area contributed by atoms with Crippen LogP contribution in [0.25, 0.3) is 0 Å². The van der Waals surface area contributed by atoms with Crippen LogP contribution in [0.3, 0.4) is 0 Å². The number of anilines is 1. The van der Waals surface area contributed by atoms with E-state index in [1.807, 2.05) is 91.0 Å². The summed E-state index contributed by atoms with van der Waals surface area (Å²) in [4.78, 5) is 0. The molecular formula is C29H31N3O4. The molecule has 0 amide bonds. The van der Waals surface area contributed by atoms with Crippen molar-refractivity contribution in [1.82, 2.24) is 10.2 Å². The Labute approximate surface area is 211 Å². The summed E-state index contributed by atoms with van der Waals surface area (Å²) in [7, 11) is 0. The number of aromatic amines is 1. The molecular weight excluding hydrogens is 454 g/mol. The first-order chi connectivity index (χ1) is 17.8. The first-order valence-corrected chi connectivity index (χ1v) is 12.1. The van der Waals surface area contributed by atoms with Gasteiger partial charge in [-0.1, -0.05) is 91.0 Å². The van der Waals surface area contributed by atoms with Crippen LogP contribution in [0, 0.1) is 0 Å². The second kappa shape index (κ2) is 12.0. The zero-order valence-corrected chi connectivity index (χ0v) is 20.0. The minimum absolute atomic E-state index is 0.350. The average molecular weight is 486 g/mol. The Bertz CT molecular complexity index is 1190. The number of ether oxygens (including phenoxy) is 4. The molecule has 1 fully saturated rings. The lowest BCUT2D eigenvalue weighted by molar-refractivity contribution is -0.0898. The van der Waals surface area contributed by atoms with E-state index >= 15 is 0 Å². The summed E-state index contributed by atoms with van der Waals surface area (Å²) in [5.74, 6) is 0.459. The lowest BCUT2D eigenvalue weighted by Gasteiger charge is -2.25. The van der Waals surface area contributed by atoms with Crippen LogP contribution >= 0.6 is 0 Å². The van der Waals surface area contributed by atoms with Crippen LogP contribution < -0.4 is 5.73 Å². The van der Waals surface area contributed by atoms with Crippen LogP contribution in [0.5, 0.6) is 0 Å². The molecule has 4 aromatic rings. The van der Waals surface area contributed by atoms with Gasteiger partial charge in [-0.2, -0.15) is 5.10 Å². The molecule has 1 aromatic heterocycles. The first-order valence-electron chi connectivity index (χ1n) is 12.1. The number of nitrogen functional groups attached to an aromatic ring is 1. The third-order valence-electron chi connectivity index (χ3n) is 6.28. The number of H-pyrrole nitrogens is 1. The molecule has 7 nitrogen and oxygen atoms in total. The monoisotopic (exact) mass is 485 g/mol. The summed E-state index contributed by atoms with van der Waals surface area (Å²) in [6, 6.07) is 30.2. The molecule has 7 heteroatoms. The van der Waals surface area contributed by atoms with Crippen LogP contribution in [-0.2, 0) is 38.8 Å². The van der Waals surface area contributed by atoms with Crippen LogP contribution in [0.2, 0.25) is 0 Å². The lowest BCUT2D eigenvalue weighted by Crippen LogP contribution is -2.37. The summed E-state index contributed by atoms with van der Waals surface area (Å²) in [5, 5.41) is 6.92. The van der Waals surface area contributed by atoms with Gasteiger partial charge < -0.3 is 24.7 Å². The maximum absolute atomic E-state index is 6.51. The van der Waals surface area contributed by atoms with E-state index in [0.29, 0.717) is 32.2 Å². The molecule has 1 aliphatic heterocycles. The SMILES string of the molecule is Nc1[nH]ncc1C1O[C@H](COCc2ccccc2)[C@@H](OCc2ccccc2)[C@H]1OCc1ccccc1. The highest BCUT2D eigenvalue weighted by molar-refractivity contribution is 5.40. The van der Waals surface area contributed by atoms with E-state index in [4.69, 9.17) is 24.7 Å². The largest absolute Gasteiger partial charge is 0.384 e. The molecule has 3 N–H and O–H groups in total. The fourth-order valence-electron chi connectivity index (χ4n) is 4.43. The van der Waals surface area contributed by atoms with Gasteiger partial charge in [0.1, 0.15) is 30.2 Å². The van der Waals surface area contributed by atoms with Crippen molar-refractivity contribution in [1.29, 1.82) is 0 Å². The molecule has 0 saturated carbocycles. The maximum Gasteiger partial charge on any atom is 0.124 e. The van der Waals surface area contributed by atoms with Gasteiger partial charge in [0, 0.05) is 5.56 Å². The molecule has 186 valence electrons. The standard InChI is InChI=1S/C29H31N3O4/c30-29-24(16-31-32-29)26-28(35-19-23-14-8-3-9-15-23)27(34-18-22-12-6-2-7-13-22)25(36-26)20-33-17-21-10-4-1-5-11-21/h1-16,25-28H,17-20H2,(H3,30,31,32)/t25-,26?,27-,28+/m1/s1. The molecule has 5 rings (SSSR count). The molecule has 0 bridgehead atoms. The summed E-state index contributed by atoms with van der Waals surface area (Å²) < 4.78 is 25.5. The van der Waals surface area contributed by atoms with Crippen molar-refractivity contribution in [2.24, 2.45) is 0 Å². The number of aromatic nitrogens is 2. The highest BCUT2D eigenvalue weighted by Crippen LogP contribution is 2.40. The van der Waals surface area contributed by atoms with Crippen LogP contribution in [0.15, 0.2) is 97.2 Å². The normalized spacial score (nSPS) is 21.6. The summed E-state index contributed by atoms with van der Waals surface area (Å²) >= 11 is 0. The number of nitrogens with two attached hydrogens (primary N) is 1. The van der Waals surface area contributed by atoms with Gasteiger partial charge in [0.05, 0.1) is 32.6 Å². The zero-order chi connectivity index (χ0) is 24.6. The molecule has 3 aromatic carbocycles. The van der Waals surface area contributed by atoms with Gasteiger partial charge in [-0.3, -0.25) is 5.10 Å². The van der Waals surface area contributed by atoms with Gasteiger partial charge in [-0.25, -0.2) is 0 Å². The molecule has 2 heterocycles. The summed E-state index contributed by atoms with van der Waals surface area (Å²) in [5.41, 5.74) is 10.2. The van der Waals surface area contributed by atoms with E-state index in [-0.39, 0.29) is 12.2 Å². The number of benzene rings is 3. The Morgan fingerprint density at radius 1 is 0.722 bits per heavy atom. The Hall–Kier alpha value is -3.49. The first kappa shape index (κ1) is 24.2. The van der Waals surface area contributed by atoms with Crippen molar-refractivity contribution < 1.29 is 18.9 Å². The zero-order valence-electron chi connectivity index (χ0n) is 20.0. The lowest BCUT2D eigenvalue weighted by atomic mass is 10.0. The Kier molecular flexibility index (Phi) is 8.05. The summed E-state index contributed by atoms with van der Waals surface area (Å²) in [6.45, 7) is 1.70. The van der Waals surface area contributed by atoms with Crippen molar-refractivity contribution in [2.75, 3.05) is 12.3 Å². The smallest absolute Gasteiger partial charge is 0.124 e. The molecule has 1 saturated heterocycles. The van der Waals surface area contributed by atoms with E-state index in [9.17, 15) is 0 Å². The predicted octanol–water partition coefficient (Wildman–Crippen LogP) is 4.82. The molecule has 36 heavy (non-hydrogen) atoms. The van der Waals surface area contributed by atoms with Gasteiger partial charge in [0.15, 0.2) is 0 Å². The fraction of sp³-hybridized carbons (Fsp3) is 0.276. The second-order valence-electron chi connectivity index (χ2n) is 8.86. The van der Waals surface area contributed by atoms with Gasteiger partial charge in [-0.15, -0.1) is 0 Å². The highest BCUT2D eigenvalue weighted by Gasteiger charge is 2.48. The molecule has 0 spiro atoms. The summed E-state index contributed by atoms with van der Waals surface area (Å²) in [6.07, 6.45) is 0.125. The second-order valence-corrected chi connectivity index (χ2v) is 8.86. The maximum atomic E-state index is 6.51. The van der Waals surface area contributed by atoms with E-state index in [1.54, 1.807) is 6.20 Å². The van der Waals surface area contributed by atoms with Crippen molar-refractivity contribution >= 4 is 5.82 Å². The highest BCUT2D eigenvalue weighted by atomic mass is 16.6. The molecule has 1 aliphatic rings. The molecule has 1 unspecified atom stereocenters. The van der Waals surface area contributed by atoms with Crippen molar-refractivity contribution in [3.63, 3.8) is 0 Å². The molecule has 4 atom stereocenters. The number of hydrogen-bond donors (Lipinski definition) is 2. The van der Waals surface area contributed by atoms with Crippen LogP contribution in [-0.4, -0.2) is 35.1 Å². The quantitative estimate of drug-likeness (QED) is 0.317. The topological polar surface area (TPSA) is 91.6 Å². The number of nitrogens with zero attached hydrogens (tertiary/aromatic N) is 1. The molecule has 0 radical (unpaired) electrons.